The molecule has 0 bridgehead atoms. The molecular formula is C30H40N4O4S. The number of nitrogens with one attached hydrogen (secondary N) is 1. The highest BCUT2D eigenvalue weighted by molar-refractivity contribution is 7.89. The van der Waals surface area contributed by atoms with E-state index in [2.05, 4.69) is 28.4 Å². The van der Waals surface area contributed by atoms with E-state index in [1.165, 1.54) is 34.7 Å². The van der Waals surface area contributed by atoms with Crippen LogP contribution in [0.25, 0.3) is 0 Å². The average molecular weight is 553 g/mol. The second kappa shape index (κ2) is 11.8. The van der Waals surface area contributed by atoms with E-state index in [1.54, 1.807) is 36.2 Å². The number of piperazine rings is 1. The number of rotatable bonds is 7. The van der Waals surface area contributed by atoms with Crippen molar-refractivity contribution in [2.75, 3.05) is 33.2 Å². The molecule has 1 aliphatic carbocycles. The first-order valence-corrected chi connectivity index (χ1v) is 15.6. The van der Waals surface area contributed by atoms with Crippen molar-refractivity contribution in [3.05, 3.63) is 64.7 Å². The average Bonchev–Trinajstić information content (AvgIpc) is 2.94. The van der Waals surface area contributed by atoms with Crippen molar-refractivity contribution < 1.29 is 18.0 Å². The van der Waals surface area contributed by atoms with Gasteiger partial charge in [-0.15, -0.1) is 0 Å². The van der Waals surface area contributed by atoms with Gasteiger partial charge in [0.1, 0.15) is 6.04 Å². The van der Waals surface area contributed by atoms with Crippen molar-refractivity contribution in [3.8, 4) is 0 Å². The summed E-state index contributed by atoms with van der Waals surface area (Å²) in [5.74, 6) is -0.651. The normalized spacial score (nSPS) is 22.7. The zero-order valence-electron chi connectivity index (χ0n) is 23.1. The molecule has 0 saturated carbocycles. The maximum Gasteiger partial charge on any atom is 0.243 e. The number of nitrogens with zero attached hydrogens (tertiary/aromatic N) is 3. The van der Waals surface area contributed by atoms with Crippen LogP contribution in [0.4, 0.5) is 0 Å². The van der Waals surface area contributed by atoms with Crippen LogP contribution in [-0.2, 0) is 32.6 Å². The zero-order chi connectivity index (χ0) is 27.6. The molecule has 9 heteroatoms. The van der Waals surface area contributed by atoms with Crippen LogP contribution < -0.4 is 5.32 Å². The Morgan fingerprint density at radius 3 is 2.51 bits per heavy atom. The maximum absolute atomic E-state index is 13.6. The standard InChI is InChI=1S/C30H40N4O4S/c1-22-9-12-25(13-10-22)39(37,38)34-18-15-31-30(36)28(34)20-29(35)32(2)27-8-6-7-24-19-23(11-14-26(24)27)21-33-16-4-3-5-17-33/h9-14,19,27-28H,3-8,15-18,20-21H2,1-2H3,(H,31,36)/t27-,28?/m1/s1. The highest BCUT2D eigenvalue weighted by atomic mass is 32.2. The summed E-state index contributed by atoms with van der Waals surface area (Å²) in [5.41, 5.74) is 4.72. The van der Waals surface area contributed by atoms with E-state index in [9.17, 15) is 18.0 Å². The van der Waals surface area contributed by atoms with Gasteiger partial charge in [-0.2, -0.15) is 4.31 Å². The van der Waals surface area contributed by atoms with E-state index in [0.717, 1.165) is 50.0 Å². The summed E-state index contributed by atoms with van der Waals surface area (Å²) in [7, 11) is -2.14. The lowest BCUT2D eigenvalue weighted by Crippen LogP contribution is -2.58. The number of sulfonamides is 1. The van der Waals surface area contributed by atoms with E-state index in [-0.39, 0.29) is 36.4 Å². The van der Waals surface area contributed by atoms with Gasteiger partial charge in [0.2, 0.25) is 21.8 Å². The topological polar surface area (TPSA) is 90.0 Å². The molecule has 2 saturated heterocycles. The van der Waals surface area contributed by atoms with Crippen LogP contribution in [-0.4, -0.2) is 73.6 Å². The number of hydrogen-bond donors (Lipinski definition) is 1. The number of aryl methyl sites for hydroxylation is 2. The Labute approximate surface area is 232 Å². The zero-order valence-corrected chi connectivity index (χ0v) is 23.9. The molecule has 2 aromatic carbocycles. The number of carbonyl (C=O) groups excluding carboxylic acids is 2. The van der Waals surface area contributed by atoms with Crippen LogP contribution in [0.2, 0.25) is 0 Å². The number of benzene rings is 2. The van der Waals surface area contributed by atoms with Crippen molar-refractivity contribution >= 4 is 21.8 Å². The first-order chi connectivity index (χ1) is 18.7. The summed E-state index contributed by atoms with van der Waals surface area (Å²) >= 11 is 0. The van der Waals surface area contributed by atoms with Crippen LogP contribution in [0.3, 0.4) is 0 Å². The van der Waals surface area contributed by atoms with Crippen molar-refractivity contribution in [2.24, 2.45) is 0 Å². The summed E-state index contributed by atoms with van der Waals surface area (Å²) in [4.78, 5) is 30.8. The number of likely N-dealkylation sites (tertiary alicyclic amines) is 1. The summed E-state index contributed by atoms with van der Waals surface area (Å²) in [5, 5.41) is 2.75. The Balaban J connectivity index is 1.31. The van der Waals surface area contributed by atoms with Gasteiger partial charge in [0.25, 0.3) is 0 Å². The van der Waals surface area contributed by atoms with Crippen LogP contribution in [0.15, 0.2) is 47.4 Å². The van der Waals surface area contributed by atoms with Crippen molar-refractivity contribution in [2.45, 2.75) is 75.4 Å². The van der Waals surface area contributed by atoms with Gasteiger partial charge in [0.05, 0.1) is 17.4 Å². The molecule has 2 aromatic rings. The van der Waals surface area contributed by atoms with Gasteiger partial charge >= 0.3 is 0 Å². The molecule has 1 N–H and O–H groups in total. The van der Waals surface area contributed by atoms with E-state index < -0.39 is 22.0 Å². The molecule has 0 aromatic heterocycles. The lowest BCUT2D eigenvalue weighted by atomic mass is 9.85. The molecular weight excluding hydrogens is 512 g/mol. The predicted octanol–water partition coefficient (Wildman–Crippen LogP) is 3.40. The minimum Gasteiger partial charge on any atom is -0.353 e. The smallest absolute Gasteiger partial charge is 0.243 e. The lowest BCUT2D eigenvalue weighted by molar-refractivity contribution is -0.138. The van der Waals surface area contributed by atoms with Crippen LogP contribution in [0, 0.1) is 6.92 Å². The first kappa shape index (κ1) is 27.8. The summed E-state index contributed by atoms with van der Waals surface area (Å²) in [6.45, 7) is 5.52. The third-order valence-electron chi connectivity index (χ3n) is 8.48. The molecule has 1 unspecified atom stereocenters. The van der Waals surface area contributed by atoms with Gasteiger partial charge in [-0.25, -0.2) is 8.42 Å². The lowest BCUT2D eigenvalue weighted by Gasteiger charge is -2.37. The molecule has 39 heavy (non-hydrogen) atoms. The predicted molar refractivity (Wildman–Crippen MR) is 151 cm³/mol. The summed E-state index contributed by atoms with van der Waals surface area (Å²) in [6.07, 6.45) is 6.50. The van der Waals surface area contributed by atoms with E-state index in [4.69, 9.17) is 0 Å². The molecule has 210 valence electrons. The fraction of sp³-hybridized carbons (Fsp3) is 0.533. The van der Waals surface area contributed by atoms with Gasteiger partial charge in [-0.3, -0.25) is 14.5 Å². The molecule has 2 heterocycles. The minimum atomic E-state index is -3.93. The third kappa shape index (κ3) is 6.05. The number of carbonyl (C=O) groups is 2. The second-order valence-corrected chi connectivity index (χ2v) is 13.1. The molecule has 5 rings (SSSR count). The van der Waals surface area contributed by atoms with E-state index in [1.807, 2.05) is 6.92 Å². The van der Waals surface area contributed by atoms with Crippen molar-refractivity contribution in [3.63, 3.8) is 0 Å². The fourth-order valence-corrected chi connectivity index (χ4v) is 7.81. The van der Waals surface area contributed by atoms with Gasteiger partial charge < -0.3 is 10.2 Å². The van der Waals surface area contributed by atoms with Crippen molar-refractivity contribution in [1.29, 1.82) is 0 Å². The van der Waals surface area contributed by atoms with Crippen LogP contribution in [0.1, 0.15) is 66.8 Å². The highest BCUT2D eigenvalue weighted by Gasteiger charge is 2.41. The Morgan fingerprint density at radius 1 is 1.03 bits per heavy atom. The summed E-state index contributed by atoms with van der Waals surface area (Å²) < 4.78 is 28.1. The van der Waals surface area contributed by atoms with E-state index >= 15 is 0 Å². The largest absolute Gasteiger partial charge is 0.353 e. The molecule has 2 aliphatic heterocycles. The highest BCUT2D eigenvalue weighted by Crippen LogP contribution is 2.35. The molecule has 2 atom stereocenters. The number of hydrogen-bond acceptors (Lipinski definition) is 5. The Kier molecular flexibility index (Phi) is 8.40. The third-order valence-corrected chi connectivity index (χ3v) is 10.4. The van der Waals surface area contributed by atoms with Gasteiger partial charge in [0.15, 0.2) is 0 Å². The SMILES string of the molecule is Cc1ccc(S(=O)(=O)N2CCNC(=O)C2CC(=O)N(C)[C@@H]2CCCc3cc(CN4CCCCC4)ccc32)cc1. The van der Waals surface area contributed by atoms with Crippen molar-refractivity contribution in [1.82, 2.24) is 19.4 Å². The minimum absolute atomic E-state index is 0.0842. The monoisotopic (exact) mass is 552 g/mol. The van der Waals surface area contributed by atoms with Gasteiger partial charge in [-0.1, -0.05) is 42.3 Å². The summed E-state index contributed by atoms with van der Waals surface area (Å²) in [6, 6.07) is 12.1. The maximum atomic E-state index is 13.6. The second-order valence-electron chi connectivity index (χ2n) is 11.2. The number of amides is 2. The van der Waals surface area contributed by atoms with Gasteiger partial charge in [0, 0.05) is 26.7 Å². The molecule has 2 fully saturated rings. The van der Waals surface area contributed by atoms with Gasteiger partial charge in [-0.05, 0) is 80.9 Å². The fourth-order valence-electron chi connectivity index (χ4n) is 6.22. The van der Waals surface area contributed by atoms with E-state index in [0.29, 0.717) is 0 Å². The number of piperidine rings is 1. The Bertz CT molecular complexity index is 1300. The van der Waals surface area contributed by atoms with Crippen LogP contribution >= 0.6 is 0 Å². The first-order valence-electron chi connectivity index (χ1n) is 14.2. The molecule has 0 radical (unpaired) electrons. The quantitative estimate of drug-likeness (QED) is 0.569. The Hall–Kier alpha value is -2.75. The van der Waals surface area contributed by atoms with Crippen LogP contribution in [0.5, 0.6) is 0 Å². The molecule has 3 aliphatic rings. The number of fused-ring (bicyclic) bond motifs is 1. The molecule has 8 nitrogen and oxygen atoms in total. The Morgan fingerprint density at radius 2 is 1.77 bits per heavy atom. The molecule has 2 amide bonds. The molecule has 0 spiro atoms.